The SMILES string of the molecule is Cc1nsc(C)c1C1=CN(C)N(O)C1c1ccc(O)cc1. The molecule has 1 aliphatic heterocycles. The smallest absolute Gasteiger partial charge is 0.115 e. The van der Waals surface area contributed by atoms with E-state index in [0.29, 0.717) is 0 Å². The zero-order valence-corrected chi connectivity index (χ0v) is 12.9. The van der Waals surface area contributed by atoms with Crippen LogP contribution in [0.25, 0.3) is 5.57 Å². The molecule has 5 nitrogen and oxygen atoms in total. The first-order chi connectivity index (χ1) is 9.99. The molecule has 2 N–H and O–H groups in total. The van der Waals surface area contributed by atoms with E-state index in [4.69, 9.17) is 0 Å². The van der Waals surface area contributed by atoms with Crippen LogP contribution in [0.2, 0.25) is 0 Å². The molecule has 1 aliphatic rings. The topological polar surface area (TPSA) is 59.8 Å². The van der Waals surface area contributed by atoms with Crippen molar-refractivity contribution in [3.8, 4) is 5.75 Å². The predicted molar refractivity (Wildman–Crippen MR) is 81.8 cm³/mol. The number of aromatic nitrogens is 1. The van der Waals surface area contributed by atoms with Crippen molar-refractivity contribution in [2.24, 2.45) is 0 Å². The summed E-state index contributed by atoms with van der Waals surface area (Å²) >= 11 is 1.47. The minimum Gasteiger partial charge on any atom is -0.508 e. The van der Waals surface area contributed by atoms with Crippen LogP contribution in [0.3, 0.4) is 0 Å². The lowest BCUT2D eigenvalue weighted by molar-refractivity contribution is -0.221. The number of phenols is 1. The van der Waals surface area contributed by atoms with Crippen molar-refractivity contribution in [3.05, 3.63) is 52.2 Å². The average Bonchev–Trinajstić information content (AvgIpc) is 2.92. The molecular formula is C15H17N3O2S. The number of hydrazine groups is 1. The van der Waals surface area contributed by atoms with Gasteiger partial charge in [-0.1, -0.05) is 17.3 Å². The minimum absolute atomic E-state index is 0.213. The Morgan fingerprint density at radius 3 is 2.43 bits per heavy atom. The number of hydrogen-bond donors (Lipinski definition) is 2. The number of rotatable bonds is 2. The Morgan fingerprint density at radius 2 is 1.86 bits per heavy atom. The first-order valence-corrected chi connectivity index (χ1v) is 7.41. The van der Waals surface area contributed by atoms with E-state index in [-0.39, 0.29) is 11.8 Å². The summed E-state index contributed by atoms with van der Waals surface area (Å²) in [6.07, 6.45) is 1.92. The molecule has 1 aromatic heterocycles. The number of hydrogen-bond acceptors (Lipinski definition) is 6. The molecule has 0 saturated heterocycles. The Bertz CT molecular complexity index is 674. The Kier molecular flexibility index (Phi) is 3.44. The van der Waals surface area contributed by atoms with Gasteiger partial charge >= 0.3 is 0 Å². The highest BCUT2D eigenvalue weighted by Crippen LogP contribution is 2.42. The van der Waals surface area contributed by atoms with Crippen molar-refractivity contribution in [2.45, 2.75) is 19.9 Å². The standard InChI is InChI=1S/C15H17N3O2S/c1-9-14(10(2)21-16-9)13-8-17(3)18(20)15(13)11-4-6-12(19)7-5-11/h4-8,15,19-20H,1-3H3. The average molecular weight is 303 g/mol. The molecular weight excluding hydrogens is 286 g/mol. The maximum atomic E-state index is 10.4. The van der Waals surface area contributed by atoms with Crippen LogP contribution >= 0.6 is 11.5 Å². The fraction of sp³-hybridized carbons (Fsp3) is 0.267. The van der Waals surface area contributed by atoms with Gasteiger partial charge in [-0.15, -0.1) is 0 Å². The third-order valence-corrected chi connectivity index (χ3v) is 4.55. The van der Waals surface area contributed by atoms with Gasteiger partial charge in [0.15, 0.2) is 0 Å². The van der Waals surface area contributed by atoms with E-state index in [9.17, 15) is 10.3 Å². The second kappa shape index (κ2) is 5.14. The number of phenolic OH excluding ortho intramolecular Hbond substituents is 1. The van der Waals surface area contributed by atoms with Crippen LogP contribution in [0.15, 0.2) is 30.5 Å². The monoisotopic (exact) mass is 303 g/mol. The van der Waals surface area contributed by atoms with E-state index in [2.05, 4.69) is 4.37 Å². The molecule has 0 bridgehead atoms. The molecule has 6 heteroatoms. The van der Waals surface area contributed by atoms with Crippen molar-refractivity contribution in [1.82, 2.24) is 14.6 Å². The van der Waals surface area contributed by atoms with E-state index < -0.39 is 0 Å². The van der Waals surface area contributed by atoms with Crippen molar-refractivity contribution in [3.63, 3.8) is 0 Å². The van der Waals surface area contributed by atoms with Crippen molar-refractivity contribution >= 4 is 17.1 Å². The molecule has 0 aliphatic carbocycles. The molecule has 2 aromatic rings. The molecule has 1 atom stereocenters. The Morgan fingerprint density at radius 1 is 1.19 bits per heavy atom. The number of nitrogens with zero attached hydrogens (tertiary/aromatic N) is 3. The Hall–Kier alpha value is -1.89. The van der Waals surface area contributed by atoms with Gasteiger partial charge in [0.2, 0.25) is 0 Å². The molecule has 110 valence electrons. The molecule has 1 unspecified atom stereocenters. The molecule has 0 amide bonds. The van der Waals surface area contributed by atoms with Gasteiger partial charge in [0.1, 0.15) is 11.8 Å². The van der Waals surface area contributed by atoms with Gasteiger partial charge in [-0.2, -0.15) is 4.37 Å². The number of hydroxylamine groups is 1. The van der Waals surface area contributed by atoms with Crippen LogP contribution < -0.4 is 0 Å². The minimum atomic E-state index is -0.301. The maximum absolute atomic E-state index is 10.4. The first-order valence-electron chi connectivity index (χ1n) is 6.63. The zero-order valence-electron chi connectivity index (χ0n) is 12.1. The van der Waals surface area contributed by atoms with Crippen LogP contribution in [-0.4, -0.2) is 31.9 Å². The highest BCUT2D eigenvalue weighted by atomic mass is 32.1. The summed E-state index contributed by atoms with van der Waals surface area (Å²) in [5.41, 5.74) is 3.98. The van der Waals surface area contributed by atoms with Gasteiger partial charge in [0.05, 0.1) is 5.69 Å². The molecule has 3 rings (SSSR count). The van der Waals surface area contributed by atoms with E-state index in [1.807, 2.05) is 32.2 Å². The number of aromatic hydroxyl groups is 1. The lowest BCUT2D eigenvalue weighted by Gasteiger charge is -2.25. The van der Waals surface area contributed by atoms with Crippen molar-refractivity contribution < 1.29 is 10.3 Å². The third kappa shape index (κ3) is 2.31. The van der Waals surface area contributed by atoms with Crippen LogP contribution in [0.5, 0.6) is 5.75 Å². The van der Waals surface area contributed by atoms with E-state index in [1.54, 1.807) is 24.2 Å². The third-order valence-electron chi connectivity index (χ3n) is 3.71. The molecule has 0 fully saturated rings. The largest absolute Gasteiger partial charge is 0.508 e. The normalized spacial score (nSPS) is 19.1. The lowest BCUT2D eigenvalue weighted by Crippen LogP contribution is -2.31. The highest BCUT2D eigenvalue weighted by Gasteiger charge is 2.34. The van der Waals surface area contributed by atoms with Crippen LogP contribution in [0, 0.1) is 13.8 Å². The van der Waals surface area contributed by atoms with E-state index >= 15 is 0 Å². The first kappa shape index (κ1) is 14.1. The lowest BCUT2D eigenvalue weighted by atomic mass is 9.94. The van der Waals surface area contributed by atoms with Gasteiger partial charge in [0.25, 0.3) is 0 Å². The fourth-order valence-electron chi connectivity index (χ4n) is 2.70. The maximum Gasteiger partial charge on any atom is 0.115 e. The molecule has 21 heavy (non-hydrogen) atoms. The van der Waals surface area contributed by atoms with Gasteiger partial charge in [-0.25, -0.2) is 0 Å². The van der Waals surface area contributed by atoms with Crippen molar-refractivity contribution in [1.29, 1.82) is 0 Å². The van der Waals surface area contributed by atoms with Gasteiger partial charge in [0, 0.05) is 29.3 Å². The van der Waals surface area contributed by atoms with Crippen LogP contribution in [0.4, 0.5) is 0 Å². The number of aryl methyl sites for hydroxylation is 2. The van der Waals surface area contributed by atoms with Gasteiger partial charge < -0.3 is 5.11 Å². The predicted octanol–water partition coefficient (Wildman–Crippen LogP) is 3.10. The molecule has 0 saturated carbocycles. The second-order valence-corrected chi connectivity index (χ2v) is 6.15. The molecule has 0 radical (unpaired) electrons. The number of benzene rings is 1. The summed E-state index contributed by atoms with van der Waals surface area (Å²) in [6, 6.07) is 6.60. The van der Waals surface area contributed by atoms with Gasteiger partial charge in [-0.05, 0) is 43.1 Å². The summed E-state index contributed by atoms with van der Waals surface area (Å²) in [5, 5.41) is 22.7. The molecule has 2 heterocycles. The Balaban J connectivity index is 2.09. The summed E-state index contributed by atoms with van der Waals surface area (Å²) in [6.45, 7) is 4.02. The quantitative estimate of drug-likeness (QED) is 0.892. The molecule has 1 aromatic carbocycles. The van der Waals surface area contributed by atoms with Crippen LogP contribution in [-0.2, 0) is 0 Å². The summed E-state index contributed by atoms with van der Waals surface area (Å²) < 4.78 is 4.40. The second-order valence-electron chi connectivity index (χ2n) is 5.17. The summed E-state index contributed by atoms with van der Waals surface area (Å²) in [7, 11) is 1.80. The summed E-state index contributed by atoms with van der Waals surface area (Å²) in [5.74, 6) is 0.213. The van der Waals surface area contributed by atoms with E-state index in [1.165, 1.54) is 16.7 Å². The van der Waals surface area contributed by atoms with Gasteiger partial charge in [-0.3, -0.25) is 10.2 Å². The van der Waals surface area contributed by atoms with Crippen molar-refractivity contribution in [2.75, 3.05) is 7.05 Å². The fourth-order valence-corrected chi connectivity index (χ4v) is 3.43. The summed E-state index contributed by atoms with van der Waals surface area (Å²) in [4.78, 5) is 1.13. The van der Waals surface area contributed by atoms with Crippen LogP contribution in [0.1, 0.15) is 27.7 Å². The zero-order chi connectivity index (χ0) is 15.1. The Labute approximate surface area is 127 Å². The highest BCUT2D eigenvalue weighted by molar-refractivity contribution is 7.06. The molecule has 0 spiro atoms. The van der Waals surface area contributed by atoms with E-state index in [0.717, 1.165) is 27.3 Å².